The summed E-state index contributed by atoms with van der Waals surface area (Å²) in [7, 11) is 0. The molecule has 1 saturated carbocycles. The lowest BCUT2D eigenvalue weighted by Gasteiger charge is -2.31. The number of aromatic nitrogens is 2. The second-order valence-electron chi connectivity index (χ2n) is 6.03. The molecule has 1 aromatic heterocycles. The maximum Gasteiger partial charge on any atom is 0.391 e. The summed E-state index contributed by atoms with van der Waals surface area (Å²) in [5.74, 6) is -1.04. The van der Waals surface area contributed by atoms with E-state index in [4.69, 9.17) is 4.42 Å². The topological polar surface area (TPSA) is 80.1 Å². The van der Waals surface area contributed by atoms with Crippen molar-refractivity contribution >= 4 is 11.7 Å². The molecule has 1 fully saturated rings. The first-order valence-electron chi connectivity index (χ1n) is 7.92. The van der Waals surface area contributed by atoms with Crippen LogP contribution in [-0.2, 0) is 0 Å². The fourth-order valence-corrected chi connectivity index (χ4v) is 3.00. The van der Waals surface area contributed by atoms with Gasteiger partial charge in [-0.05, 0) is 37.5 Å². The predicted molar refractivity (Wildman–Crippen MR) is 83.7 cm³/mol. The molecular formula is C16H17F3N4O2. The van der Waals surface area contributed by atoms with Gasteiger partial charge in [-0.15, -0.1) is 10.2 Å². The molecule has 1 heterocycles. The Labute approximate surface area is 141 Å². The van der Waals surface area contributed by atoms with E-state index in [2.05, 4.69) is 20.8 Å². The van der Waals surface area contributed by atoms with Crippen molar-refractivity contribution in [3.8, 4) is 11.5 Å². The van der Waals surface area contributed by atoms with Crippen molar-refractivity contribution < 1.29 is 22.4 Å². The third-order valence-corrected chi connectivity index (χ3v) is 4.20. The number of nitrogens with one attached hydrogen (secondary N) is 2. The summed E-state index contributed by atoms with van der Waals surface area (Å²) >= 11 is 0. The Morgan fingerprint density at radius 3 is 2.84 bits per heavy atom. The van der Waals surface area contributed by atoms with Crippen molar-refractivity contribution in [1.82, 2.24) is 15.5 Å². The lowest BCUT2D eigenvalue weighted by Crippen LogP contribution is -2.43. The van der Waals surface area contributed by atoms with Gasteiger partial charge in [0.1, 0.15) is 0 Å². The molecule has 0 spiro atoms. The molecule has 0 radical (unpaired) electrons. The Morgan fingerprint density at radius 2 is 2.12 bits per heavy atom. The fraction of sp³-hybridized carbons (Fsp3) is 0.438. The maximum absolute atomic E-state index is 12.8. The van der Waals surface area contributed by atoms with E-state index in [0.29, 0.717) is 30.0 Å². The van der Waals surface area contributed by atoms with Crippen LogP contribution >= 0.6 is 0 Å². The Bertz CT molecular complexity index is 718. The van der Waals surface area contributed by atoms with Gasteiger partial charge in [0.15, 0.2) is 0 Å². The predicted octanol–water partition coefficient (Wildman–Crippen LogP) is 3.98. The summed E-state index contributed by atoms with van der Waals surface area (Å²) in [6, 6.07) is 5.74. The van der Waals surface area contributed by atoms with Crippen LogP contribution in [-0.4, -0.2) is 28.4 Å². The summed E-state index contributed by atoms with van der Waals surface area (Å²) in [6.45, 7) is 0. The zero-order chi connectivity index (χ0) is 17.9. The molecule has 2 amide bonds. The van der Waals surface area contributed by atoms with Crippen molar-refractivity contribution in [1.29, 1.82) is 0 Å². The van der Waals surface area contributed by atoms with E-state index in [-0.39, 0.29) is 12.8 Å². The van der Waals surface area contributed by atoms with E-state index in [1.807, 2.05) is 0 Å². The third-order valence-electron chi connectivity index (χ3n) is 4.20. The van der Waals surface area contributed by atoms with Gasteiger partial charge >= 0.3 is 12.2 Å². The zero-order valence-electron chi connectivity index (χ0n) is 13.2. The number of carbonyl (C=O) groups excluding carboxylic acids is 1. The van der Waals surface area contributed by atoms with E-state index >= 15 is 0 Å². The second-order valence-corrected chi connectivity index (χ2v) is 6.03. The molecule has 1 aliphatic rings. The van der Waals surface area contributed by atoms with Crippen molar-refractivity contribution in [3.63, 3.8) is 0 Å². The SMILES string of the molecule is O=C(Nc1cccc(-c2nnco2)c1)NC1CCCC(C(F)(F)F)C1. The van der Waals surface area contributed by atoms with Crippen LogP contribution in [0.4, 0.5) is 23.7 Å². The molecule has 6 nitrogen and oxygen atoms in total. The van der Waals surface area contributed by atoms with Gasteiger partial charge in [-0.25, -0.2) is 4.79 Å². The van der Waals surface area contributed by atoms with Crippen LogP contribution in [0.15, 0.2) is 35.1 Å². The number of hydrogen-bond donors (Lipinski definition) is 2. The number of amides is 2. The minimum absolute atomic E-state index is 0.0844. The molecule has 0 bridgehead atoms. The van der Waals surface area contributed by atoms with Gasteiger partial charge in [-0.2, -0.15) is 13.2 Å². The molecule has 2 aromatic rings. The number of hydrogen-bond acceptors (Lipinski definition) is 4. The standard InChI is InChI=1S/C16H17F3N4O2/c17-16(18,19)11-4-2-6-13(8-11)22-15(24)21-12-5-1-3-10(7-12)14-23-20-9-25-14/h1,3,5,7,9,11,13H,2,4,6,8H2,(H2,21,22,24). The number of rotatable bonds is 3. The Balaban J connectivity index is 1.58. The minimum atomic E-state index is -4.21. The van der Waals surface area contributed by atoms with E-state index in [0.717, 1.165) is 0 Å². The van der Waals surface area contributed by atoms with Gasteiger partial charge < -0.3 is 15.1 Å². The summed E-state index contributed by atoms with van der Waals surface area (Å²) in [4.78, 5) is 12.1. The molecule has 9 heteroatoms. The number of alkyl halides is 3. The molecule has 0 aliphatic heterocycles. The molecule has 2 atom stereocenters. The van der Waals surface area contributed by atoms with E-state index in [9.17, 15) is 18.0 Å². The smallest absolute Gasteiger partial charge is 0.391 e. The molecule has 2 unspecified atom stereocenters. The van der Waals surface area contributed by atoms with Crippen LogP contribution in [0.2, 0.25) is 0 Å². The van der Waals surface area contributed by atoms with Crippen LogP contribution in [0, 0.1) is 5.92 Å². The van der Waals surface area contributed by atoms with Crippen LogP contribution in [0.25, 0.3) is 11.5 Å². The van der Waals surface area contributed by atoms with Crippen molar-refractivity contribution in [2.24, 2.45) is 5.92 Å². The summed E-state index contributed by atoms with van der Waals surface area (Å²) in [6.07, 6.45) is -1.99. The first kappa shape index (κ1) is 17.2. The van der Waals surface area contributed by atoms with E-state index in [1.54, 1.807) is 24.3 Å². The first-order chi connectivity index (χ1) is 11.9. The first-order valence-corrected chi connectivity index (χ1v) is 7.92. The number of carbonyl (C=O) groups is 1. The van der Waals surface area contributed by atoms with Crippen LogP contribution in [0.1, 0.15) is 25.7 Å². The quantitative estimate of drug-likeness (QED) is 0.874. The van der Waals surface area contributed by atoms with Crippen molar-refractivity contribution in [2.75, 3.05) is 5.32 Å². The Morgan fingerprint density at radius 1 is 1.28 bits per heavy atom. The summed E-state index contributed by atoms with van der Waals surface area (Å²) in [5, 5.41) is 12.6. The molecule has 1 aromatic carbocycles. The average molecular weight is 354 g/mol. The van der Waals surface area contributed by atoms with Crippen molar-refractivity contribution in [3.05, 3.63) is 30.7 Å². The molecule has 25 heavy (non-hydrogen) atoms. The highest BCUT2D eigenvalue weighted by atomic mass is 19.4. The van der Waals surface area contributed by atoms with Crippen LogP contribution in [0.5, 0.6) is 0 Å². The van der Waals surface area contributed by atoms with Crippen molar-refractivity contribution in [2.45, 2.75) is 37.9 Å². The molecule has 1 aliphatic carbocycles. The zero-order valence-corrected chi connectivity index (χ0v) is 13.2. The summed E-state index contributed by atoms with van der Waals surface area (Å²) in [5.41, 5.74) is 1.11. The average Bonchev–Trinajstić information content (AvgIpc) is 3.09. The number of nitrogens with zero attached hydrogens (tertiary/aromatic N) is 2. The molecule has 3 rings (SSSR count). The van der Waals surface area contributed by atoms with Crippen LogP contribution < -0.4 is 10.6 Å². The lowest BCUT2D eigenvalue weighted by molar-refractivity contribution is -0.183. The number of urea groups is 1. The second kappa shape index (κ2) is 7.12. The molecule has 134 valence electrons. The van der Waals surface area contributed by atoms with Crippen LogP contribution in [0.3, 0.4) is 0 Å². The monoisotopic (exact) mass is 354 g/mol. The third kappa shape index (κ3) is 4.49. The Hall–Kier alpha value is -2.58. The Kier molecular flexibility index (Phi) is 4.91. The molecule has 2 N–H and O–H groups in total. The summed E-state index contributed by atoms with van der Waals surface area (Å²) < 4.78 is 43.6. The molecule has 0 saturated heterocycles. The fourth-order valence-electron chi connectivity index (χ4n) is 3.00. The highest BCUT2D eigenvalue weighted by Gasteiger charge is 2.42. The van der Waals surface area contributed by atoms with Gasteiger partial charge in [0.2, 0.25) is 12.3 Å². The maximum atomic E-state index is 12.8. The molecular weight excluding hydrogens is 337 g/mol. The minimum Gasteiger partial charge on any atom is -0.423 e. The normalized spacial score (nSPS) is 20.9. The van der Waals surface area contributed by atoms with Gasteiger partial charge in [-0.1, -0.05) is 12.5 Å². The van der Waals surface area contributed by atoms with Gasteiger partial charge in [0.05, 0.1) is 5.92 Å². The van der Waals surface area contributed by atoms with Gasteiger partial charge in [-0.3, -0.25) is 0 Å². The van der Waals surface area contributed by atoms with Gasteiger partial charge in [0.25, 0.3) is 0 Å². The van der Waals surface area contributed by atoms with E-state index in [1.165, 1.54) is 6.39 Å². The largest absolute Gasteiger partial charge is 0.423 e. The number of halogens is 3. The lowest BCUT2D eigenvalue weighted by atomic mass is 9.85. The van der Waals surface area contributed by atoms with Gasteiger partial charge in [0, 0.05) is 17.3 Å². The highest BCUT2D eigenvalue weighted by Crippen LogP contribution is 2.37. The number of benzene rings is 1. The highest BCUT2D eigenvalue weighted by molar-refractivity contribution is 5.90. The number of anilines is 1. The van der Waals surface area contributed by atoms with E-state index < -0.39 is 24.2 Å².